The van der Waals surface area contributed by atoms with Crippen molar-refractivity contribution in [3.05, 3.63) is 97.2 Å². The van der Waals surface area contributed by atoms with E-state index < -0.39 is 6.10 Å². The molecule has 0 radical (unpaired) electrons. The standard InChI is InChI=1S/C65H110O6/c1-4-7-10-13-16-19-22-25-26-27-28-29-30-31-32-33-34-35-36-37-38-41-43-46-49-52-55-58-64(67)70-61-62(71-65(68)59-56-53-50-47-44-40-24-21-18-15-12-9-6-3)60-69-63(66)57-54-51-48-45-42-39-23-20-17-14-11-8-5-2/h7,9-10,12,16,18-19,21,25-26,28-29,40,44,50,53,62H,4-6,8,11,13-15,17,20,22-24,27,30-39,41-43,45-49,51-52,54-61H2,1-3H3/b10-7-,12-9-,19-16-,21-18-,26-25-,29-28-,44-40-,53-50-. The Morgan fingerprint density at radius 1 is 0.296 bits per heavy atom. The number of carbonyl (C=O) groups excluding carboxylic acids is 3. The van der Waals surface area contributed by atoms with Crippen LogP contribution in [0, 0.1) is 0 Å². The molecule has 0 fully saturated rings. The van der Waals surface area contributed by atoms with Crippen LogP contribution in [-0.2, 0) is 28.6 Å². The minimum Gasteiger partial charge on any atom is -0.462 e. The molecule has 0 spiro atoms. The highest BCUT2D eigenvalue weighted by atomic mass is 16.6. The van der Waals surface area contributed by atoms with Gasteiger partial charge in [-0.15, -0.1) is 0 Å². The van der Waals surface area contributed by atoms with Gasteiger partial charge in [-0.1, -0.05) is 272 Å². The largest absolute Gasteiger partial charge is 0.462 e. The summed E-state index contributed by atoms with van der Waals surface area (Å²) < 4.78 is 16.8. The number of unbranched alkanes of at least 4 members (excludes halogenated alkanes) is 26. The van der Waals surface area contributed by atoms with Gasteiger partial charge in [0.2, 0.25) is 0 Å². The van der Waals surface area contributed by atoms with Gasteiger partial charge in [0, 0.05) is 19.3 Å². The summed E-state index contributed by atoms with van der Waals surface area (Å²) in [5.41, 5.74) is 0. The molecule has 1 unspecified atom stereocenters. The van der Waals surface area contributed by atoms with Crippen molar-refractivity contribution in [2.45, 2.75) is 284 Å². The fourth-order valence-electron chi connectivity index (χ4n) is 8.21. The molecule has 0 amide bonds. The third-order valence-electron chi connectivity index (χ3n) is 12.6. The Kier molecular flexibility index (Phi) is 55.9. The van der Waals surface area contributed by atoms with E-state index in [4.69, 9.17) is 14.2 Å². The van der Waals surface area contributed by atoms with E-state index in [1.807, 2.05) is 6.08 Å². The second-order valence-electron chi connectivity index (χ2n) is 19.5. The topological polar surface area (TPSA) is 78.9 Å². The summed E-state index contributed by atoms with van der Waals surface area (Å²) in [5.74, 6) is -0.980. The smallest absolute Gasteiger partial charge is 0.306 e. The second kappa shape index (κ2) is 58.9. The first kappa shape index (κ1) is 67.3. The number of ether oxygens (including phenoxy) is 3. The molecule has 0 aliphatic carbocycles. The van der Waals surface area contributed by atoms with Gasteiger partial charge >= 0.3 is 17.9 Å². The van der Waals surface area contributed by atoms with E-state index in [1.54, 1.807) is 0 Å². The molecule has 0 aliphatic rings. The Morgan fingerprint density at radius 3 is 0.915 bits per heavy atom. The van der Waals surface area contributed by atoms with Crippen molar-refractivity contribution in [1.29, 1.82) is 0 Å². The zero-order valence-corrected chi connectivity index (χ0v) is 46.5. The van der Waals surface area contributed by atoms with E-state index in [0.29, 0.717) is 19.3 Å². The molecule has 6 nitrogen and oxygen atoms in total. The monoisotopic (exact) mass is 987 g/mol. The van der Waals surface area contributed by atoms with Crippen LogP contribution in [0.2, 0.25) is 0 Å². The summed E-state index contributed by atoms with van der Waals surface area (Å²) >= 11 is 0. The fourth-order valence-corrected chi connectivity index (χ4v) is 8.21. The summed E-state index contributed by atoms with van der Waals surface area (Å²) in [6, 6.07) is 0. The Hall–Kier alpha value is -3.67. The SMILES string of the molecule is CC/C=C\C/C=C\C/C=C\C/C=C\CCCCCCCCCCCCCCCCC(=O)OCC(COC(=O)CCCCCCCCCCCCCCC)OC(=O)CC/C=C\C/C=C\C/C=C\C/C=C\CC. The summed E-state index contributed by atoms with van der Waals surface area (Å²) in [7, 11) is 0. The van der Waals surface area contributed by atoms with Crippen molar-refractivity contribution in [3.8, 4) is 0 Å². The van der Waals surface area contributed by atoms with Gasteiger partial charge in [-0.2, -0.15) is 0 Å². The maximum atomic E-state index is 12.8. The predicted molar refractivity (Wildman–Crippen MR) is 307 cm³/mol. The molecule has 0 N–H and O–H groups in total. The van der Waals surface area contributed by atoms with Gasteiger partial charge in [-0.05, 0) is 83.5 Å². The first-order valence-electron chi connectivity index (χ1n) is 29.7. The van der Waals surface area contributed by atoms with Crippen LogP contribution in [0.15, 0.2) is 97.2 Å². The first-order chi connectivity index (χ1) is 35.0. The van der Waals surface area contributed by atoms with Crippen LogP contribution >= 0.6 is 0 Å². The molecule has 0 heterocycles. The molecule has 0 aromatic rings. The lowest BCUT2D eigenvalue weighted by molar-refractivity contribution is -0.166. The lowest BCUT2D eigenvalue weighted by atomic mass is 10.0. The molecule has 0 saturated carbocycles. The van der Waals surface area contributed by atoms with Crippen LogP contribution in [0.4, 0.5) is 0 Å². The Balaban J connectivity index is 4.27. The van der Waals surface area contributed by atoms with E-state index in [9.17, 15) is 14.4 Å². The maximum Gasteiger partial charge on any atom is 0.306 e. The zero-order chi connectivity index (χ0) is 51.4. The number of hydrogen-bond acceptors (Lipinski definition) is 6. The van der Waals surface area contributed by atoms with Crippen LogP contribution in [-0.4, -0.2) is 37.2 Å². The molecule has 0 bridgehead atoms. The third-order valence-corrected chi connectivity index (χ3v) is 12.6. The highest BCUT2D eigenvalue weighted by molar-refractivity contribution is 5.71. The molecule has 0 aromatic carbocycles. The summed E-state index contributed by atoms with van der Waals surface area (Å²) in [4.78, 5) is 38.1. The van der Waals surface area contributed by atoms with E-state index in [0.717, 1.165) is 89.9 Å². The third kappa shape index (κ3) is 57.1. The quantitative estimate of drug-likeness (QED) is 0.0261. The lowest BCUT2D eigenvalue weighted by Gasteiger charge is -2.18. The average molecular weight is 988 g/mol. The molecule has 71 heavy (non-hydrogen) atoms. The van der Waals surface area contributed by atoms with Crippen LogP contribution in [0.3, 0.4) is 0 Å². The molecule has 6 heteroatoms. The van der Waals surface area contributed by atoms with Gasteiger partial charge < -0.3 is 14.2 Å². The van der Waals surface area contributed by atoms with Gasteiger partial charge in [-0.3, -0.25) is 14.4 Å². The van der Waals surface area contributed by atoms with E-state index in [1.165, 1.54) is 141 Å². The molecule has 0 aliphatic heterocycles. The van der Waals surface area contributed by atoms with E-state index in [2.05, 4.69) is 112 Å². The molecule has 0 aromatic heterocycles. The van der Waals surface area contributed by atoms with Crippen LogP contribution in [0.1, 0.15) is 278 Å². The fraction of sp³-hybridized carbons (Fsp3) is 0.708. The van der Waals surface area contributed by atoms with Gasteiger partial charge in [0.15, 0.2) is 6.10 Å². The van der Waals surface area contributed by atoms with Gasteiger partial charge in [0.1, 0.15) is 13.2 Å². The van der Waals surface area contributed by atoms with E-state index >= 15 is 0 Å². The van der Waals surface area contributed by atoms with Crippen molar-refractivity contribution in [2.75, 3.05) is 13.2 Å². The predicted octanol–water partition coefficient (Wildman–Crippen LogP) is 20.1. The molecular weight excluding hydrogens is 877 g/mol. The summed E-state index contributed by atoms with van der Waals surface area (Å²) in [6.45, 7) is 6.36. The van der Waals surface area contributed by atoms with Crippen molar-refractivity contribution in [2.24, 2.45) is 0 Å². The summed E-state index contributed by atoms with van der Waals surface area (Å²) in [6.07, 6.45) is 78.6. The van der Waals surface area contributed by atoms with Crippen molar-refractivity contribution in [1.82, 2.24) is 0 Å². The minimum absolute atomic E-state index is 0.103. The first-order valence-corrected chi connectivity index (χ1v) is 29.7. The van der Waals surface area contributed by atoms with Crippen molar-refractivity contribution < 1.29 is 28.6 Å². The van der Waals surface area contributed by atoms with E-state index in [-0.39, 0.29) is 37.5 Å². The van der Waals surface area contributed by atoms with Gasteiger partial charge in [0.25, 0.3) is 0 Å². The molecule has 406 valence electrons. The number of hydrogen-bond donors (Lipinski definition) is 0. The van der Waals surface area contributed by atoms with Crippen LogP contribution in [0.5, 0.6) is 0 Å². The highest BCUT2D eigenvalue weighted by Gasteiger charge is 2.19. The van der Waals surface area contributed by atoms with Crippen molar-refractivity contribution in [3.63, 3.8) is 0 Å². The van der Waals surface area contributed by atoms with Crippen LogP contribution in [0.25, 0.3) is 0 Å². The Morgan fingerprint density at radius 2 is 0.577 bits per heavy atom. The maximum absolute atomic E-state index is 12.8. The number of carbonyl (C=O) groups is 3. The van der Waals surface area contributed by atoms with Crippen LogP contribution < -0.4 is 0 Å². The molecule has 0 saturated heterocycles. The lowest BCUT2D eigenvalue weighted by Crippen LogP contribution is -2.30. The van der Waals surface area contributed by atoms with Gasteiger partial charge in [-0.25, -0.2) is 0 Å². The molecule has 1 atom stereocenters. The second-order valence-corrected chi connectivity index (χ2v) is 19.5. The number of esters is 3. The van der Waals surface area contributed by atoms with Gasteiger partial charge in [0.05, 0.1) is 0 Å². The van der Waals surface area contributed by atoms with Crippen molar-refractivity contribution >= 4 is 17.9 Å². The Bertz CT molecular complexity index is 1410. The normalized spacial score (nSPS) is 12.8. The molecule has 0 rings (SSSR count). The average Bonchev–Trinajstić information content (AvgIpc) is 3.37. The molecular formula is C65H110O6. The number of rotatable bonds is 53. The number of allylic oxidation sites excluding steroid dienone is 16. The summed E-state index contributed by atoms with van der Waals surface area (Å²) in [5, 5.41) is 0. The Labute approximate surface area is 438 Å². The zero-order valence-electron chi connectivity index (χ0n) is 46.5. The highest BCUT2D eigenvalue weighted by Crippen LogP contribution is 2.16. The minimum atomic E-state index is -0.813.